The highest BCUT2D eigenvalue weighted by molar-refractivity contribution is 5.96. The van der Waals surface area contributed by atoms with Crippen molar-refractivity contribution in [1.29, 1.82) is 0 Å². The molecule has 1 heterocycles. The van der Waals surface area contributed by atoms with Gasteiger partial charge in [0.05, 0.1) is 24.9 Å². The van der Waals surface area contributed by atoms with Crippen LogP contribution < -0.4 is 15.4 Å². The molecule has 2 aromatic carbocycles. The summed E-state index contributed by atoms with van der Waals surface area (Å²) >= 11 is 0. The molecule has 1 aromatic heterocycles. The van der Waals surface area contributed by atoms with E-state index in [9.17, 15) is 9.59 Å². The first-order valence-corrected chi connectivity index (χ1v) is 9.30. The van der Waals surface area contributed by atoms with Gasteiger partial charge in [-0.3, -0.25) is 0 Å². The fraction of sp³-hybridized carbons (Fsp3) is 0.227. The predicted octanol–water partition coefficient (Wildman–Crippen LogP) is 3.98. The molecule has 2 amide bonds. The van der Waals surface area contributed by atoms with Crippen molar-refractivity contribution in [3.05, 3.63) is 54.6 Å². The van der Waals surface area contributed by atoms with E-state index >= 15 is 0 Å². The Morgan fingerprint density at radius 3 is 2.55 bits per heavy atom. The smallest absolute Gasteiger partial charge is 0.328 e. The molecule has 7 nitrogen and oxygen atoms in total. The first kappa shape index (κ1) is 20.1. The van der Waals surface area contributed by atoms with Crippen LogP contribution in [-0.2, 0) is 9.53 Å². The van der Waals surface area contributed by atoms with Gasteiger partial charge >= 0.3 is 12.0 Å². The van der Waals surface area contributed by atoms with Gasteiger partial charge in [-0.2, -0.15) is 0 Å². The van der Waals surface area contributed by atoms with E-state index in [-0.39, 0.29) is 6.61 Å². The van der Waals surface area contributed by atoms with Gasteiger partial charge in [0.2, 0.25) is 0 Å². The second kappa shape index (κ2) is 9.05. The van der Waals surface area contributed by atoms with Crippen molar-refractivity contribution in [3.63, 3.8) is 0 Å². The number of nitrogens with one attached hydrogen (secondary N) is 2. The van der Waals surface area contributed by atoms with Gasteiger partial charge < -0.3 is 20.1 Å². The Balaban J connectivity index is 1.82. The summed E-state index contributed by atoms with van der Waals surface area (Å²) in [6.45, 7) is 3.54. The van der Waals surface area contributed by atoms with Crippen molar-refractivity contribution in [2.24, 2.45) is 0 Å². The van der Waals surface area contributed by atoms with Gasteiger partial charge in [0.15, 0.2) is 0 Å². The highest BCUT2D eigenvalue weighted by atomic mass is 16.5. The quantitative estimate of drug-likeness (QED) is 0.618. The summed E-state index contributed by atoms with van der Waals surface area (Å²) < 4.78 is 10.4. The fourth-order valence-electron chi connectivity index (χ4n) is 2.89. The Kier molecular flexibility index (Phi) is 6.29. The lowest BCUT2D eigenvalue weighted by Crippen LogP contribution is -2.41. The average molecular weight is 393 g/mol. The molecule has 150 valence electrons. The molecular weight excluding hydrogens is 370 g/mol. The second-order valence-corrected chi connectivity index (χ2v) is 6.38. The number of anilines is 1. The minimum absolute atomic E-state index is 0.259. The molecule has 0 saturated heterocycles. The van der Waals surface area contributed by atoms with Crippen LogP contribution in [0.15, 0.2) is 54.6 Å². The van der Waals surface area contributed by atoms with Gasteiger partial charge in [-0.05, 0) is 32.0 Å². The molecule has 0 unspecified atom stereocenters. The Labute approximate surface area is 169 Å². The van der Waals surface area contributed by atoms with Crippen LogP contribution in [0, 0.1) is 0 Å². The first-order chi connectivity index (χ1) is 14.0. The molecule has 0 aliphatic carbocycles. The first-order valence-electron chi connectivity index (χ1n) is 9.30. The molecule has 0 saturated carbocycles. The molecule has 0 spiro atoms. The summed E-state index contributed by atoms with van der Waals surface area (Å²) in [4.78, 5) is 28.5. The van der Waals surface area contributed by atoms with Crippen LogP contribution in [0.2, 0.25) is 0 Å². The lowest BCUT2D eigenvalue weighted by molar-refractivity contribution is -0.144. The number of nitrogens with zero attached hydrogens (tertiary/aromatic N) is 1. The number of urea groups is 1. The normalized spacial score (nSPS) is 11.6. The second-order valence-electron chi connectivity index (χ2n) is 6.38. The third kappa shape index (κ3) is 4.82. The van der Waals surface area contributed by atoms with Crippen molar-refractivity contribution in [2.75, 3.05) is 19.0 Å². The number of pyridine rings is 1. The van der Waals surface area contributed by atoms with Crippen LogP contribution in [0.3, 0.4) is 0 Å². The number of fused-ring (bicyclic) bond motifs is 1. The van der Waals surface area contributed by atoms with E-state index in [0.29, 0.717) is 11.4 Å². The molecule has 0 fully saturated rings. The topological polar surface area (TPSA) is 89.5 Å². The summed E-state index contributed by atoms with van der Waals surface area (Å²) in [7, 11) is 1.59. The number of aromatic nitrogens is 1. The third-order valence-corrected chi connectivity index (χ3v) is 4.31. The minimum Gasteiger partial charge on any atom is -0.496 e. The van der Waals surface area contributed by atoms with Gasteiger partial charge in [-0.25, -0.2) is 14.6 Å². The summed E-state index contributed by atoms with van der Waals surface area (Å²) in [5.41, 5.74) is 3.09. The summed E-state index contributed by atoms with van der Waals surface area (Å²) in [5, 5.41) is 6.03. The van der Waals surface area contributed by atoms with Crippen molar-refractivity contribution in [2.45, 2.75) is 19.9 Å². The SMILES string of the molecule is CCOC(=O)[C@H](C)NC(=O)Nc1ccc2nc(-c3ccccc3)cc(OC)c2c1. The highest BCUT2D eigenvalue weighted by Crippen LogP contribution is 2.31. The number of amides is 2. The number of ether oxygens (including phenoxy) is 2. The molecule has 3 aromatic rings. The van der Waals surface area contributed by atoms with Crippen molar-refractivity contribution < 1.29 is 19.1 Å². The van der Waals surface area contributed by atoms with Crippen molar-refractivity contribution >= 4 is 28.6 Å². The maximum Gasteiger partial charge on any atom is 0.328 e. The summed E-state index contributed by atoms with van der Waals surface area (Å²) in [6, 6.07) is 15.8. The lowest BCUT2D eigenvalue weighted by Gasteiger charge is -2.14. The molecule has 29 heavy (non-hydrogen) atoms. The average Bonchev–Trinajstić information content (AvgIpc) is 2.73. The van der Waals surface area contributed by atoms with E-state index in [2.05, 4.69) is 10.6 Å². The molecule has 2 N–H and O–H groups in total. The monoisotopic (exact) mass is 393 g/mol. The van der Waals surface area contributed by atoms with Crippen LogP contribution >= 0.6 is 0 Å². The molecule has 0 aliphatic rings. The van der Waals surface area contributed by atoms with Crippen LogP contribution in [-0.4, -0.2) is 36.7 Å². The zero-order chi connectivity index (χ0) is 20.8. The van der Waals surface area contributed by atoms with Crippen molar-refractivity contribution in [3.8, 4) is 17.0 Å². The Bertz CT molecular complexity index is 1020. The van der Waals surface area contributed by atoms with Gasteiger partial charge in [0, 0.05) is 22.7 Å². The zero-order valence-electron chi connectivity index (χ0n) is 16.6. The van der Waals surface area contributed by atoms with E-state index in [4.69, 9.17) is 14.5 Å². The number of hydrogen-bond acceptors (Lipinski definition) is 5. The zero-order valence-corrected chi connectivity index (χ0v) is 16.6. The van der Waals surface area contributed by atoms with Crippen LogP contribution in [0.4, 0.5) is 10.5 Å². The van der Waals surface area contributed by atoms with Gasteiger partial charge in [-0.15, -0.1) is 0 Å². The molecule has 0 radical (unpaired) electrons. The predicted molar refractivity (Wildman–Crippen MR) is 112 cm³/mol. The number of esters is 1. The van der Waals surface area contributed by atoms with Crippen LogP contribution in [0.25, 0.3) is 22.2 Å². The maximum absolute atomic E-state index is 12.2. The Hall–Kier alpha value is -3.61. The van der Waals surface area contributed by atoms with E-state index in [1.165, 1.54) is 0 Å². The van der Waals surface area contributed by atoms with E-state index in [1.807, 2.05) is 42.5 Å². The van der Waals surface area contributed by atoms with E-state index in [1.54, 1.807) is 33.1 Å². The number of carbonyl (C=O) groups is 2. The third-order valence-electron chi connectivity index (χ3n) is 4.31. The van der Waals surface area contributed by atoms with Gasteiger partial charge in [-0.1, -0.05) is 30.3 Å². The number of methoxy groups -OCH3 is 1. The summed E-state index contributed by atoms with van der Waals surface area (Å²) in [5.74, 6) is 0.165. The van der Waals surface area contributed by atoms with E-state index < -0.39 is 18.0 Å². The molecule has 3 rings (SSSR count). The van der Waals surface area contributed by atoms with Gasteiger partial charge in [0.1, 0.15) is 11.8 Å². The molecular formula is C22H23N3O4. The van der Waals surface area contributed by atoms with Gasteiger partial charge in [0.25, 0.3) is 0 Å². The number of rotatable bonds is 6. The molecule has 7 heteroatoms. The Morgan fingerprint density at radius 2 is 1.86 bits per heavy atom. The van der Waals surface area contributed by atoms with Crippen LogP contribution in [0.5, 0.6) is 5.75 Å². The molecule has 0 aliphatic heterocycles. The summed E-state index contributed by atoms with van der Waals surface area (Å²) in [6.07, 6.45) is 0. The number of hydrogen-bond donors (Lipinski definition) is 2. The molecule has 1 atom stereocenters. The minimum atomic E-state index is -0.750. The van der Waals surface area contributed by atoms with Crippen LogP contribution in [0.1, 0.15) is 13.8 Å². The maximum atomic E-state index is 12.2. The number of benzene rings is 2. The highest BCUT2D eigenvalue weighted by Gasteiger charge is 2.17. The fourth-order valence-corrected chi connectivity index (χ4v) is 2.89. The van der Waals surface area contributed by atoms with E-state index in [0.717, 1.165) is 22.2 Å². The lowest BCUT2D eigenvalue weighted by atomic mass is 10.1. The Morgan fingerprint density at radius 1 is 1.10 bits per heavy atom. The van der Waals surface area contributed by atoms with Crippen molar-refractivity contribution in [1.82, 2.24) is 10.3 Å². The molecule has 0 bridgehead atoms. The standard InChI is InChI=1S/C22H23N3O4/c1-4-29-21(26)14(2)23-22(27)24-16-10-11-18-17(12-16)20(28-3)13-19(25-18)15-8-6-5-7-9-15/h5-14H,4H2,1-3H3,(H2,23,24,27)/t14-/m0/s1. The largest absolute Gasteiger partial charge is 0.496 e. The number of carbonyl (C=O) groups excluding carboxylic acids is 2.